The SMILES string of the molecule is COC(=O)c1cc(Oc2cncc(Cl)n2)ccc1NC(=O)c1ccc(Cl)cc1Cl. The summed E-state index contributed by atoms with van der Waals surface area (Å²) in [6, 6.07) is 8.88. The summed E-state index contributed by atoms with van der Waals surface area (Å²) in [5.41, 5.74) is 0.470. The first-order chi connectivity index (χ1) is 13.9. The van der Waals surface area contributed by atoms with Crippen LogP contribution in [-0.2, 0) is 4.74 Å². The van der Waals surface area contributed by atoms with Gasteiger partial charge < -0.3 is 14.8 Å². The number of nitrogens with one attached hydrogen (secondary N) is 1. The van der Waals surface area contributed by atoms with Crippen LogP contribution in [0, 0.1) is 0 Å². The van der Waals surface area contributed by atoms with Crippen molar-refractivity contribution in [2.45, 2.75) is 0 Å². The maximum absolute atomic E-state index is 12.6. The van der Waals surface area contributed by atoms with E-state index in [1.165, 1.54) is 55.9 Å². The molecular formula is C19H12Cl3N3O4. The number of carbonyl (C=O) groups is 2. The molecule has 0 radical (unpaired) electrons. The van der Waals surface area contributed by atoms with Crippen LogP contribution in [0.3, 0.4) is 0 Å². The van der Waals surface area contributed by atoms with Crippen LogP contribution in [0.25, 0.3) is 0 Å². The standard InChI is InChI=1S/C19H12Cl3N3O4/c1-28-19(27)13-7-11(29-17-9-23-8-16(22)25-17)3-5-15(13)24-18(26)12-4-2-10(20)6-14(12)21/h2-9H,1H3,(H,24,26). The summed E-state index contributed by atoms with van der Waals surface area (Å²) in [4.78, 5) is 32.6. The molecule has 1 amide bonds. The van der Waals surface area contributed by atoms with Gasteiger partial charge in [0.05, 0.1) is 41.3 Å². The van der Waals surface area contributed by atoms with E-state index in [2.05, 4.69) is 15.3 Å². The van der Waals surface area contributed by atoms with Gasteiger partial charge >= 0.3 is 5.97 Å². The Hall–Kier alpha value is -2.87. The normalized spacial score (nSPS) is 10.3. The number of amides is 1. The number of rotatable bonds is 5. The number of hydrogen-bond donors (Lipinski definition) is 1. The fourth-order valence-electron chi connectivity index (χ4n) is 2.33. The molecule has 1 heterocycles. The molecule has 0 fully saturated rings. The van der Waals surface area contributed by atoms with E-state index in [-0.39, 0.29) is 38.6 Å². The Balaban J connectivity index is 1.89. The van der Waals surface area contributed by atoms with E-state index in [0.717, 1.165) is 0 Å². The molecular weight excluding hydrogens is 441 g/mol. The van der Waals surface area contributed by atoms with Crippen LogP contribution in [-0.4, -0.2) is 29.0 Å². The Morgan fingerprint density at radius 1 is 1.00 bits per heavy atom. The number of aromatic nitrogens is 2. The van der Waals surface area contributed by atoms with Crippen LogP contribution in [0.2, 0.25) is 15.2 Å². The molecule has 7 nitrogen and oxygen atoms in total. The Kier molecular flexibility index (Phi) is 6.53. The molecule has 0 aliphatic carbocycles. The molecule has 2 aromatic carbocycles. The maximum atomic E-state index is 12.6. The predicted molar refractivity (Wildman–Crippen MR) is 109 cm³/mol. The minimum Gasteiger partial charge on any atom is -0.465 e. The summed E-state index contributed by atoms with van der Waals surface area (Å²) in [6.45, 7) is 0. The van der Waals surface area contributed by atoms with Crippen LogP contribution < -0.4 is 10.1 Å². The maximum Gasteiger partial charge on any atom is 0.340 e. The van der Waals surface area contributed by atoms with Gasteiger partial charge in [0.2, 0.25) is 5.88 Å². The third kappa shape index (κ3) is 5.14. The zero-order valence-electron chi connectivity index (χ0n) is 14.8. The molecule has 0 bridgehead atoms. The first-order valence-electron chi connectivity index (χ1n) is 8.01. The largest absolute Gasteiger partial charge is 0.465 e. The monoisotopic (exact) mass is 451 g/mol. The Bertz CT molecular complexity index is 1090. The molecule has 0 saturated carbocycles. The summed E-state index contributed by atoms with van der Waals surface area (Å²) in [6.07, 6.45) is 2.72. The Morgan fingerprint density at radius 3 is 2.48 bits per heavy atom. The summed E-state index contributed by atoms with van der Waals surface area (Å²) in [5.74, 6) is -0.793. The molecule has 0 aliphatic rings. The molecule has 1 aromatic heterocycles. The Labute approximate surface area is 180 Å². The number of halogens is 3. The molecule has 0 spiro atoms. The Morgan fingerprint density at radius 2 is 1.79 bits per heavy atom. The third-order valence-corrected chi connectivity index (χ3v) is 4.36. The molecule has 148 valence electrons. The first-order valence-corrected chi connectivity index (χ1v) is 9.15. The van der Waals surface area contributed by atoms with E-state index in [1.807, 2.05) is 0 Å². The molecule has 0 aliphatic heterocycles. The second-order valence-corrected chi connectivity index (χ2v) is 6.79. The predicted octanol–water partition coefficient (Wildman–Crippen LogP) is 5.27. The highest BCUT2D eigenvalue weighted by atomic mass is 35.5. The van der Waals surface area contributed by atoms with Crippen molar-refractivity contribution in [1.82, 2.24) is 9.97 Å². The second kappa shape index (κ2) is 9.09. The van der Waals surface area contributed by atoms with Crippen LogP contribution in [0.1, 0.15) is 20.7 Å². The topological polar surface area (TPSA) is 90.4 Å². The van der Waals surface area contributed by atoms with E-state index >= 15 is 0 Å². The van der Waals surface area contributed by atoms with Crippen molar-refractivity contribution in [3.05, 3.63) is 75.1 Å². The minimum atomic E-state index is -0.676. The van der Waals surface area contributed by atoms with Crippen molar-refractivity contribution in [1.29, 1.82) is 0 Å². The highest BCUT2D eigenvalue weighted by Gasteiger charge is 2.18. The third-order valence-electron chi connectivity index (χ3n) is 3.63. The number of hydrogen-bond acceptors (Lipinski definition) is 6. The van der Waals surface area contributed by atoms with E-state index in [0.29, 0.717) is 5.02 Å². The molecule has 10 heteroatoms. The average Bonchev–Trinajstić information content (AvgIpc) is 2.68. The average molecular weight is 453 g/mol. The lowest BCUT2D eigenvalue weighted by molar-refractivity contribution is 0.0601. The van der Waals surface area contributed by atoms with Crippen LogP contribution in [0.5, 0.6) is 11.6 Å². The zero-order valence-corrected chi connectivity index (χ0v) is 17.0. The van der Waals surface area contributed by atoms with Gasteiger partial charge in [-0.25, -0.2) is 4.79 Å². The molecule has 0 saturated heterocycles. The fraction of sp³-hybridized carbons (Fsp3) is 0.0526. The van der Waals surface area contributed by atoms with Gasteiger partial charge in [-0.05, 0) is 36.4 Å². The van der Waals surface area contributed by atoms with Crippen molar-refractivity contribution in [2.24, 2.45) is 0 Å². The van der Waals surface area contributed by atoms with E-state index in [9.17, 15) is 9.59 Å². The second-order valence-electron chi connectivity index (χ2n) is 5.56. The van der Waals surface area contributed by atoms with Crippen molar-refractivity contribution in [2.75, 3.05) is 12.4 Å². The highest BCUT2D eigenvalue weighted by molar-refractivity contribution is 6.37. The van der Waals surface area contributed by atoms with Crippen molar-refractivity contribution >= 4 is 52.4 Å². The number of nitrogens with zero attached hydrogens (tertiary/aromatic N) is 2. The minimum absolute atomic E-state index is 0.0680. The molecule has 0 unspecified atom stereocenters. The fourth-order valence-corrected chi connectivity index (χ4v) is 2.97. The van der Waals surface area contributed by atoms with Gasteiger partial charge in [-0.3, -0.25) is 9.78 Å². The van der Waals surface area contributed by atoms with E-state index in [1.54, 1.807) is 0 Å². The lowest BCUT2D eigenvalue weighted by atomic mass is 10.1. The van der Waals surface area contributed by atoms with Crippen molar-refractivity contribution < 1.29 is 19.1 Å². The quantitative estimate of drug-likeness (QED) is 0.531. The lowest BCUT2D eigenvalue weighted by Gasteiger charge is -2.13. The smallest absolute Gasteiger partial charge is 0.340 e. The summed E-state index contributed by atoms with van der Waals surface area (Å²) < 4.78 is 10.3. The summed E-state index contributed by atoms with van der Waals surface area (Å²) in [7, 11) is 1.22. The van der Waals surface area contributed by atoms with Gasteiger partial charge in [0, 0.05) is 5.02 Å². The number of carbonyl (C=O) groups excluding carboxylic acids is 2. The lowest BCUT2D eigenvalue weighted by Crippen LogP contribution is -2.16. The molecule has 3 rings (SSSR count). The van der Waals surface area contributed by atoms with Gasteiger partial charge in [0.1, 0.15) is 5.75 Å². The van der Waals surface area contributed by atoms with Crippen LogP contribution in [0.4, 0.5) is 5.69 Å². The number of benzene rings is 2. The summed E-state index contributed by atoms with van der Waals surface area (Å²) in [5, 5.41) is 3.35. The zero-order chi connectivity index (χ0) is 21.0. The number of anilines is 1. The number of esters is 1. The molecule has 1 N–H and O–H groups in total. The van der Waals surface area contributed by atoms with Crippen LogP contribution >= 0.6 is 34.8 Å². The molecule has 0 atom stereocenters. The van der Waals surface area contributed by atoms with E-state index < -0.39 is 11.9 Å². The van der Waals surface area contributed by atoms with Crippen molar-refractivity contribution in [3.63, 3.8) is 0 Å². The van der Waals surface area contributed by atoms with E-state index in [4.69, 9.17) is 44.3 Å². The molecule has 3 aromatic rings. The van der Waals surface area contributed by atoms with Gasteiger partial charge in [-0.15, -0.1) is 0 Å². The molecule has 29 heavy (non-hydrogen) atoms. The number of ether oxygens (including phenoxy) is 2. The summed E-state index contributed by atoms with van der Waals surface area (Å²) >= 11 is 17.7. The van der Waals surface area contributed by atoms with Crippen molar-refractivity contribution in [3.8, 4) is 11.6 Å². The first kappa shape index (κ1) is 20.9. The number of methoxy groups -OCH3 is 1. The van der Waals surface area contributed by atoms with Gasteiger partial charge in [0.25, 0.3) is 5.91 Å². The van der Waals surface area contributed by atoms with Gasteiger partial charge in [-0.2, -0.15) is 4.98 Å². The highest BCUT2D eigenvalue weighted by Crippen LogP contribution is 2.28. The van der Waals surface area contributed by atoms with Crippen LogP contribution in [0.15, 0.2) is 48.8 Å². The van der Waals surface area contributed by atoms with Gasteiger partial charge in [-0.1, -0.05) is 34.8 Å². The van der Waals surface area contributed by atoms with Gasteiger partial charge in [0.15, 0.2) is 5.15 Å².